The highest BCUT2D eigenvalue weighted by Crippen LogP contribution is 2.25. The number of methoxy groups -OCH3 is 1. The predicted molar refractivity (Wildman–Crippen MR) is 53.1 cm³/mol. The molecule has 14 heavy (non-hydrogen) atoms. The number of hydrogen-bond acceptors (Lipinski definition) is 3. The first-order chi connectivity index (χ1) is 6.61. The molecular weight excluding hydrogens is 180 g/mol. The Kier molecular flexibility index (Phi) is 3.02. The smallest absolute Gasteiger partial charge is 0.160 e. The van der Waals surface area contributed by atoms with Gasteiger partial charge in [-0.15, -0.1) is 0 Å². The van der Waals surface area contributed by atoms with Gasteiger partial charge in [-0.1, -0.05) is 6.07 Å². The van der Waals surface area contributed by atoms with Crippen molar-refractivity contribution >= 4 is 12.1 Å². The van der Waals surface area contributed by atoms with Crippen molar-refractivity contribution in [2.45, 2.75) is 13.8 Å². The lowest BCUT2D eigenvalue weighted by Gasteiger charge is -2.10. The second-order valence-corrected chi connectivity index (χ2v) is 3.03. The number of rotatable bonds is 3. The Morgan fingerprint density at radius 3 is 2.50 bits per heavy atom. The zero-order valence-electron chi connectivity index (χ0n) is 8.46. The van der Waals surface area contributed by atoms with Gasteiger partial charge in [-0.3, -0.25) is 9.59 Å². The molecule has 0 spiro atoms. The summed E-state index contributed by atoms with van der Waals surface area (Å²) >= 11 is 0. The van der Waals surface area contributed by atoms with E-state index in [9.17, 15) is 9.59 Å². The van der Waals surface area contributed by atoms with Crippen LogP contribution in [0.4, 0.5) is 0 Å². The van der Waals surface area contributed by atoms with Crippen LogP contribution in [0.5, 0.6) is 5.75 Å². The SMILES string of the molecule is COc1c(C=O)ccc(C(C)=O)c1C. The third-order valence-corrected chi connectivity index (χ3v) is 2.15. The van der Waals surface area contributed by atoms with Gasteiger partial charge >= 0.3 is 0 Å². The van der Waals surface area contributed by atoms with E-state index in [-0.39, 0.29) is 5.78 Å². The Balaban J connectivity index is 3.42. The molecule has 1 aromatic carbocycles. The van der Waals surface area contributed by atoms with Gasteiger partial charge in [0, 0.05) is 11.1 Å². The maximum atomic E-state index is 11.2. The number of hydrogen-bond donors (Lipinski definition) is 0. The highest BCUT2D eigenvalue weighted by Gasteiger charge is 2.12. The average molecular weight is 192 g/mol. The Morgan fingerprint density at radius 2 is 2.07 bits per heavy atom. The molecule has 0 saturated heterocycles. The van der Waals surface area contributed by atoms with Crippen LogP contribution in [-0.2, 0) is 0 Å². The molecule has 0 amide bonds. The standard InChI is InChI=1S/C11H12O3/c1-7-10(8(2)13)5-4-9(6-12)11(7)14-3/h4-6H,1-3H3. The van der Waals surface area contributed by atoms with Crippen LogP contribution in [0.25, 0.3) is 0 Å². The van der Waals surface area contributed by atoms with E-state index in [1.165, 1.54) is 14.0 Å². The van der Waals surface area contributed by atoms with Crippen molar-refractivity contribution in [3.8, 4) is 5.75 Å². The van der Waals surface area contributed by atoms with Gasteiger partial charge in [0.1, 0.15) is 5.75 Å². The molecule has 0 aliphatic heterocycles. The van der Waals surface area contributed by atoms with Crippen molar-refractivity contribution in [1.29, 1.82) is 0 Å². The van der Waals surface area contributed by atoms with Gasteiger partial charge in [-0.05, 0) is 19.9 Å². The molecule has 0 N–H and O–H groups in total. The molecule has 3 heteroatoms. The monoisotopic (exact) mass is 192 g/mol. The fourth-order valence-electron chi connectivity index (χ4n) is 1.46. The molecular formula is C11H12O3. The number of ketones is 1. The van der Waals surface area contributed by atoms with E-state index in [0.29, 0.717) is 22.4 Å². The fourth-order valence-corrected chi connectivity index (χ4v) is 1.46. The molecule has 74 valence electrons. The van der Waals surface area contributed by atoms with Gasteiger partial charge < -0.3 is 4.74 Å². The van der Waals surface area contributed by atoms with E-state index < -0.39 is 0 Å². The first kappa shape index (κ1) is 10.4. The minimum Gasteiger partial charge on any atom is -0.496 e. The Morgan fingerprint density at radius 1 is 1.43 bits per heavy atom. The Bertz CT molecular complexity index is 380. The molecule has 1 aromatic rings. The third kappa shape index (κ3) is 1.66. The largest absolute Gasteiger partial charge is 0.496 e. The number of carbonyl (C=O) groups is 2. The second kappa shape index (κ2) is 4.05. The lowest BCUT2D eigenvalue weighted by Crippen LogP contribution is -2.01. The van der Waals surface area contributed by atoms with Crippen molar-refractivity contribution in [3.05, 3.63) is 28.8 Å². The van der Waals surface area contributed by atoms with Gasteiger partial charge in [-0.2, -0.15) is 0 Å². The first-order valence-corrected chi connectivity index (χ1v) is 4.25. The van der Waals surface area contributed by atoms with Crippen LogP contribution in [0.2, 0.25) is 0 Å². The molecule has 0 aliphatic carbocycles. The van der Waals surface area contributed by atoms with E-state index in [1.807, 2.05) is 0 Å². The molecule has 0 aliphatic rings. The number of carbonyl (C=O) groups excluding carboxylic acids is 2. The topological polar surface area (TPSA) is 43.4 Å². The van der Waals surface area contributed by atoms with Crippen LogP contribution in [0.1, 0.15) is 33.2 Å². The van der Waals surface area contributed by atoms with Crippen LogP contribution >= 0.6 is 0 Å². The molecule has 0 fully saturated rings. The molecule has 0 unspecified atom stereocenters. The lowest BCUT2D eigenvalue weighted by molar-refractivity contribution is 0.101. The molecule has 0 heterocycles. The molecule has 3 nitrogen and oxygen atoms in total. The van der Waals surface area contributed by atoms with E-state index in [2.05, 4.69) is 0 Å². The predicted octanol–water partition coefficient (Wildman–Crippen LogP) is 2.02. The second-order valence-electron chi connectivity index (χ2n) is 3.03. The lowest BCUT2D eigenvalue weighted by atomic mass is 10.0. The molecule has 0 bridgehead atoms. The van der Waals surface area contributed by atoms with Gasteiger partial charge in [-0.25, -0.2) is 0 Å². The molecule has 0 atom stereocenters. The number of ether oxygens (including phenoxy) is 1. The fraction of sp³-hybridized carbons (Fsp3) is 0.273. The Labute approximate surface area is 82.7 Å². The first-order valence-electron chi connectivity index (χ1n) is 4.25. The van der Waals surface area contributed by atoms with Crippen LogP contribution in [0, 0.1) is 6.92 Å². The highest BCUT2D eigenvalue weighted by molar-refractivity contribution is 5.97. The molecule has 1 rings (SSSR count). The summed E-state index contributed by atoms with van der Waals surface area (Å²) in [6.07, 6.45) is 0.718. The molecule has 0 saturated carbocycles. The summed E-state index contributed by atoms with van der Waals surface area (Å²) in [5.41, 5.74) is 1.77. The minimum absolute atomic E-state index is 0.0294. The quantitative estimate of drug-likeness (QED) is 0.543. The van der Waals surface area contributed by atoms with Crippen molar-refractivity contribution in [3.63, 3.8) is 0 Å². The minimum atomic E-state index is -0.0294. The van der Waals surface area contributed by atoms with Crippen LogP contribution in [0.15, 0.2) is 12.1 Å². The van der Waals surface area contributed by atoms with Crippen molar-refractivity contribution in [1.82, 2.24) is 0 Å². The highest BCUT2D eigenvalue weighted by atomic mass is 16.5. The van der Waals surface area contributed by atoms with E-state index >= 15 is 0 Å². The zero-order chi connectivity index (χ0) is 10.7. The van der Waals surface area contributed by atoms with Gasteiger partial charge in [0.15, 0.2) is 12.1 Å². The summed E-state index contributed by atoms with van der Waals surface area (Å²) in [6.45, 7) is 3.25. The zero-order valence-corrected chi connectivity index (χ0v) is 8.46. The average Bonchev–Trinajstić information content (AvgIpc) is 2.16. The van der Waals surface area contributed by atoms with E-state index in [1.54, 1.807) is 19.1 Å². The maximum Gasteiger partial charge on any atom is 0.160 e. The maximum absolute atomic E-state index is 11.2. The molecule has 0 aromatic heterocycles. The van der Waals surface area contributed by atoms with Gasteiger partial charge in [0.2, 0.25) is 0 Å². The summed E-state index contributed by atoms with van der Waals surface area (Å²) < 4.78 is 5.07. The van der Waals surface area contributed by atoms with Crippen LogP contribution < -0.4 is 4.74 Å². The Hall–Kier alpha value is -1.64. The van der Waals surface area contributed by atoms with Gasteiger partial charge in [0.25, 0.3) is 0 Å². The normalized spacial score (nSPS) is 9.64. The van der Waals surface area contributed by atoms with Crippen LogP contribution in [-0.4, -0.2) is 19.2 Å². The third-order valence-electron chi connectivity index (χ3n) is 2.15. The van der Waals surface area contributed by atoms with Crippen molar-refractivity contribution in [2.24, 2.45) is 0 Å². The number of benzene rings is 1. The van der Waals surface area contributed by atoms with Crippen molar-refractivity contribution in [2.75, 3.05) is 7.11 Å². The summed E-state index contributed by atoms with van der Waals surface area (Å²) in [5.74, 6) is 0.450. The molecule has 0 radical (unpaired) electrons. The van der Waals surface area contributed by atoms with E-state index in [4.69, 9.17) is 4.74 Å². The van der Waals surface area contributed by atoms with E-state index in [0.717, 1.165) is 6.29 Å². The summed E-state index contributed by atoms with van der Waals surface area (Å²) in [4.78, 5) is 21.8. The summed E-state index contributed by atoms with van der Waals surface area (Å²) in [5, 5.41) is 0. The summed E-state index contributed by atoms with van der Waals surface area (Å²) in [6, 6.07) is 3.24. The number of aldehydes is 1. The van der Waals surface area contributed by atoms with Crippen LogP contribution in [0.3, 0.4) is 0 Å². The van der Waals surface area contributed by atoms with Crippen molar-refractivity contribution < 1.29 is 14.3 Å². The number of Topliss-reactive ketones (excluding diaryl/α,β-unsaturated/α-hetero) is 1. The van der Waals surface area contributed by atoms with Gasteiger partial charge in [0.05, 0.1) is 12.7 Å². The summed E-state index contributed by atoms with van der Waals surface area (Å²) in [7, 11) is 1.49.